The molecule has 0 spiro atoms. The third kappa shape index (κ3) is 5.01. The van der Waals surface area contributed by atoms with Crippen molar-refractivity contribution in [3.63, 3.8) is 0 Å². The van der Waals surface area contributed by atoms with E-state index in [9.17, 15) is 0 Å². The molecule has 2 aromatic heterocycles. The van der Waals surface area contributed by atoms with Crippen LogP contribution in [-0.4, -0.2) is 4.57 Å². The van der Waals surface area contributed by atoms with E-state index >= 15 is 0 Å². The summed E-state index contributed by atoms with van der Waals surface area (Å²) in [6.07, 6.45) is 0. The second-order valence-corrected chi connectivity index (χ2v) is 14.0. The Balaban J connectivity index is 1.10. The largest absolute Gasteiger partial charge is 0.310 e. The normalized spacial score (nSPS) is 11.5. The van der Waals surface area contributed by atoms with Crippen molar-refractivity contribution in [3.8, 4) is 27.9 Å². The molecule has 0 saturated heterocycles. The summed E-state index contributed by atoms with van der Waals surface area (Å²) in [5.74, 6) is 0. The summed E-state index contributed by atoms with van der Waals surface area (Å²) in [4.78, 5) is 2.36. The highest BCUT2D eigenvalue weighted by Crippen LogP contribution is 2.46. The van der Waals surface area contributed by atoms with E-state index in [1.807, 2.05) is 11.3 Å². The van der Waals surface area contributed by atoms with Gasteiger partial charge in [-0.2, -0.15) is 0 Å². The standard InChI is InChI=1S/C48H32N2S/c1-3-16-38(17-4-1)49(40-29-27-34(28-30-40)36-26-25-33-13-7-8-14-35(33)31-36)41-20-11-15-37(32-41)42-22-12-23-44-46-48(51-47(42)44)43-21-9-10-24-45(43)50(46)39-18-5-2-6-19-39/h1-32H. The van der Waals surface area contributed by atoms with Crippen molar-refractivity contribution >= 4 is 70.4 Å². The lowest BCUT2D eigenvalue weighted by Gasteiger charge is -2.26. The van der Waals surface area contributed by atoms with Gasteiger partial charge in [-0.25, -0.2) is 0 Å². The Hall–Kier alpha value is -6.42. The molecule has 8 aromatic carbocycles. The third-order valence-electron chi connectivity index (χ3n) is 9.95. The van der Waals surface area contributed by atoms with Crippen molar-refractivity contribution in [2.45, 2.75) is 0 Å². The predicted molar refractivity (Wildman–Crippen MR) is 219 cm³/mol. The molecule has 10 rings (SSSR count). The SMILES string of the molecule is c1ccc(N(c2ccc(-c3ccc4ccccc4c3)cc2)c2cccc(-c3cccc4c3sc3c5ccccc5n(-c5ccccc5)c43)c2)cc1. The van der Waals surface area contributed by atoms with E-state index in [-0.39, 0.29) is 0 Å². The van der Waals surface area contributed by atoms with Crippen LogP contribution in [-0.2, 0) is 0 Å². The first-order valence-corrected chi connectivity index (χ1v) is 18.2. The van der Waals surface area contributed by atoms with Gasteiger partial charge in [0.1, 0.15) is 0 Å². The minimum Gasteiger partial charge on any atom is -0.310 e. The van der Waals surface area contributed by atoms with Crippen LogP contribution in [0.5, 0.6) is 0 Å². The van der Waals surface area contributed by atoms with Crippen molar-refractivity contribution in [2.24, 2.45) is 0 Å². The number of anilines is 3. The van der Waals surface area contributed by atoms with E-state index in [1.165, 1.54) is 69.9 Å². The first-order valence-electron chi connectivity index (χ1n) is 17.4. The van der Waals surface area contributed by atoms with Gasteiger partial charge in [0.05, 0.1) is 15.7 Å². The van der Waals surface area contributed by atoms with Crippen LogP contribution in [0, 0.1) is 0 Å². The zero-order chi connectivity index (χ0) is 33.7. The van der Waals surface area contributed by atoms with E-state index in [2.05, 4.69) is 204 Å². The van der Waals surface area contributed by atoms with Crippen LogP contribution < -0.4 is 4.90 Å². The Morgan fingerprint density at radius 3 is 1.88 bits per heavy atom. The zero-order valence-corrected chi connectivity index (χ0v) is 28.6. The van der Waals surface area contributed by atoms with E-state index in [1.54, 1.807) is 0 Å². The number of rotatable bonds is 6. The van der Waals surface area contributed by atoms with Crippen LogP contribution in [0.2, 0.25) is 0 Å². The number of fused-ring (bicyclic) bond motifs is 6. The number of thiophene rings is 1. The minimum atomic E-state index is 1.12. The summed E-state index contributed by atoms with van der Waals surface area (Å²) < 4.78 is 5.06. The number of hydrogen-bond donors (Lipinski definition) is 0. The zero-order valence-electron chi connectivity index (χ0n) is 27.8. The highest BCUT2D eigenvalue weighted by Gasteiger charge is 2.20. The maximum atomic E-state index is 2.43. The van der Waals surface area contributed by atoms with Crippen molar-refractivity contribution in [1.82, 2.24) is 4.57 Å². The lowest BCUT2D eigenvalue weighted by Crippen LogP contribution is -2.09. The van der Waals surface area contributed by atoms with Crippen LogP contribution in [0.1, 0.15) is 0 Å². The highest BCUT2D eigenvalue weighted by molar-refractivity contribution is 7.27. The molecule has 2 nitrogen and oxygen atoms in total. The van der Waals surface area contributed by atoms with Gasteiger partial charge in [-0.3, -0.25) is 0 Å². The van der Waals surface area contributed by atoms with Crippen molar-refractivity contribution in [2.75, 3.05) is 4.90 Å². The number of hydrogen-bond acceptors (Lipinski definition) is 2. The molecule has 0 fully saturated rings. The average Bonchev–Trinajstić information content (AvgIpc) is 3.74. The molecule has 0 aliphatic heterocycles. The topological polar surface area (TPSA) is 8.17 Å². The molecule has 0 amide bonds. The summed E-state index contributed by atoms with van der Waals surface area (Å²) in [5.41, 5.74) is 11.9. The molecule has 0 saturated carbocycles. The van der Waals surface area contributed by atoms with Gasteiger partial charge in [0.2, 0.25) is 0 Å². The Kier molecular flexibility index (Phi) is 7.04. The van der Waals surface area contributed by atoms with Crippen molar-refractivity contribution in [1.29, 1.82) is 0 Å². The van der Waals surface area contributed by atoms with E-state index < -0.39 is 0 Å². The van der Waals surface area contributed by atoms with E-state index in [0.717, 1.165) is 17.1 Å². The second kappa shape index (κ2) is 12.2. The smallest absolute Gasteiger partial charge is 0.0727 e. The maximum absolute atomic E-state index is 2.43. The third-order valence-corrected chi connectivity index (χ3v) is 11.2. The molecule has 10 aromatic rings. The average molecular weight is 669 g/mol. The number of benzene rings is 8. The van der Waals surface area contributed by atoms with Gasteiger partial charge in [-0.05, 0) is 93.7 Å². The molecule has 0 bridgehead atoms. The van der Waals surface area contributed by atoms with Gasteiger partial charge in [0.25, 0.3) is 0 Å². The molecule has 0 N–H and O–H groups in total. The summed E-state index contributed by atoms with van der Waals surface area (Å²) in [6.45, 7) is 0. The highest BCUT2D eigenvalue weighted by atomic mass is 32.1. The van der Waals surface area contributed by atoms with Crippen LogP contribution in [0.4, 0.5) is 17.1 Å². The Morgan fingerprint density at radius 2 is 1.04 bits per heavy atom. The molecule has 0 unspecified atom stereocenters. The summed E-state index contributed by atoms with van der Waals surface area (Å²) >= 11 is 1.90. The van der Waals surface area contributed by atoms with Gasteiger partial charge in [0.15, 0.2) is 0 Å². The fourth-order valence-corrected chi connectivity index (χ4v) is 8.93. The molecule has 240 valence electrons. The molecular formula is C48H32N2S. The molecule has 0 aliphatic rings. The monoisotopic (exact) mass is 668 g/mol. The minimum absolute atomic E-state index is 1.12. The van der Waals surface area contributed by atoms with Crippen LogP contribution >= 0.6 is 11.3 Å². The lowest BCUT2D eigenvalue weighted by molar-refractivity contribution is 1.19. The Morgan fingerprint density at radius 1 is 0.392 bits per heavy atom. The molecule has 0 aliphatic carbocycles. The Labute approximate surface area is 300 Å². The molecule has 51 heavy (non-hydrogen) atoms. The quantitative estimate of drug-likeness (QED) is 0.171. The lowest BCUT2D eigenvalue weighted by atomic mass is 10.0. The molecule has 2 heterocycles. The Bertz CT molecular complexity index is 2850. The van der Waals surface area contributed by atoms with Crippen molar-refractivity contribution in [3.05, 3.63) is 194 Å². The first kappa shape index (κ1) is 29.5. The van der Waals surface area contributed by atoms with Gasteiger partial charge in [-0.1, -0.05) is 133 Å². The predicted octanol–water partition coefficient (Wildman–Crippen LogP) is 14.0. The molecule has 0 atom stereocenters. The summed E-state index contributed by atoms with van der Waals surface area (Å²) in [6, 6.07) is 70.2. The first-order chi connectivity index (χ1) is 25.3. The maximum Gasteiger partial charge on any atom is 0.0727 e. The van der Waals surface area contributed by atoms with Crippen LogP contribution in [0.25, 0.3) is 69.9 Å². The van der Waals surface area contributed by atoms with Gasteiger partial charge < -0.3 is 9.47 Å². The molecular weight excluding hydrogens is 637 g/mol. The van der Waals surface area contributed by atoms with E-state index in [4.69, 9.17) is 0 Å². The summed E-state index contributed by atoms with van der Waals surface area (Å²) in [5, 5.41) is 5.08. The van der Waals surface area contributed by atoms with E-state index in [0.29, 0.717) is 0 Å². The number of nitrogens with zero attached hydrogens (tertiary/aromatic N) is 2. The number of aromatic nitrogens is 1. The number of para-hydroxylation sites is 3. The van der Waals surface area contributed by atoms with Gasteiger partial charge in [0, 0.05) is 38.2 Å². The summed E-state index contributed by atoms with van der Waals surface area (Å²) in [7, 11) is 0. The van der Waals surface area contributed by atoms with Crippen LogP contribution in [0.3, 0.4) is 0 Å². The van der Waals surface area contributed by atoms with Gasteiger partial charge in [-0.15, -0.1) is 11.3 Å². The second-order valence-electron chi connectivity index (χ2n) is 13.0. The fourth-order valence-electron chi connectivity index (χ4n) is 7.57. The fraction of sp³-hybridized carbons (Fsp3) is 0. The van der Waals surface area contributed by atoms with Gasteiger partial charge >= 0.3 is 0 Å². The van der Waals surface area contributed by atoms with Crippen molar-refractivity contribution < 1.29 is 0 Å². The molecule has 0 radical (unpaired) electrons. The molecule has 3 heteroatoms. The van der Waals surface area contributed by atoms with Crippen LogP contribution in [0.15, 0.2) is 194 Å².